The van der Waals surface area contributed by atoms with E-state index in [1.54, 1.807) is 13.8 Å². The van der Waals surface area contributed by atoms with Crippen molar-refractivity contribution in [3.05, 3.63) is 71.8 Å². The fraction of sp³-hybridized carbons (Fsp3) is 0.467. The van der Waals surface area contributed by atoms with Crippen LogP contribution in [0.2, 0.25) is 0 Å². The maximum absolute atomic E-state index is 13.4. The Labute approximate surface area is 236 Å². The lowest BCUT2D eigenvalue weighted by Gasteiger charge is -2.26. The van der Waals surface area contributed by atoms with Crippen molar-refractivity contribution in [1.82, 2.24) is 21.3 Å². The summed E-state index contributed by atoms with van der Waals surface area (Å²) in [5, 5.41) is 20.6. The number of hydrogen-bond donors (Lipinski definition) is 5. The number of hydrogen-bond acceptors (Lipinski definition) is 6. The first-order valence-corrected chi connectivity index (χ1v) is 13.6. The molecule has 0 aliphatic carbocycles. The molecule has 3 atom stereocenters. The lowest BCUT2D eigenvalue weighted by atomic mass is 10.0. The van der Waals surface area contributed by atoms with Crippen molar-refractivity contribution in [3.63, 3.8) is 0 Å². The minimum Gasteiger partial charge on any atom is -0.445 e. The number of aliphatic hydroxyl groups is 1. The zero-order chi connectivity index (χ0) is 29.5. The molecule has 0 aliphatic rings. The highest BCUT2D eigenvalue weighted by Gasteiger charge is 2.29. The molecule has 0 aliphatic heterocycles. The first-order valence-electron chi connectivity index (χ1n) is 13.6. The zero-order valence-electron chi connectivity index (χ0n) is 23.7. The molecule has 218 valence electrons. The standard InChI is InChI=1S/C30H42N4O6/c1-20(2)15-25(34-30(39)40-19-23-13-9-6-10-14-23)29(38)33-26(16-22-11-7-5-8-12-22)28(37)32-24(18-35)17-31-27(36)21(3)4/h5-14,20-21,24-26,35H,15-19H2,1-4H3,(H,31,36)(H,32,37)(H,33,38)(H,34,39)/t24-,25-,26-/m0/s1. The average Bonchev–Trinajstić information content (AvgIpc) is 2.93. The van der Waals surface area contributed by atoms with E-state index < -0.39 is 42.6 Å². The number of carbonyl (C=O) groups is 4. The second-order valence-corrected chi connectivity index (χ2v) is 10.4. The molecule has 0 radical (unpaired) electrons. The Morgan fingerprint density at radius 1 is 0.750 bits per heavy atom. The molecule has 0 fully saturated rings. The molecule has 0 aromatic heterocycles. The van der Waals surface area contributed by atoms with Gasteiger partial charge in [0.1, 0.15) is 18.7 Å². The molecule has 0 saturated carbocycles. The van der Waals surface area contributed by atoms with Gasteiger partial charge in [-0.2, -0.15) is 0 Å². The van der Waals surface area contributed by atoms with Gasteiger partial charge in [0.25, 0.3) is 0 Å². The van der Waals surface area contributed by atoms with Crippen molar-refractivity contribution in [2.75, 3.05) is 13.2 Å². The van der Waals surface area contributed by atoms with Gasteiger partial charge in [-0.1, -0.05) is 88.4 Å². The molecule has 0 bridgehead atoms. The van der Waals surface area contributed by atoms with E-state index in [1.807, 2.05) is 74.5 Å². The topological polar surface area (TPSA) is 146 Å². The van der Waals surface area contributed by atoms with Crippen LogP contribution in [0, 0.1) is 11.8 Å². The lowest BCUT2D eigenvalue weighted by Crippen LogP contribution is -2.57. The molecule has 5 N–H and O–H groups in total. The fourth-order valence-electron chi connectivity index (χ4n) is 3.83. The Morgan fingerprint density at radius 2 is 1.32 bits per heavy atom. The summed E-state index contributed by atoms with van der Waals surface area (Å²) >= 11 is 0. The predicted octanol–water partition coefficient (Wildman–Crippen LogP) is 2.30. The lowest BCUT2D eigenvalue weighted by molar-refractivity contribution is -0.130. The quantitative estimate of drug-likeness (QED) is 0.228. The minimum atomic E-state index is -0.999. The number of alkyl carbamates (subject to hydrolysis) is 1. The van der Waals surface area contributed by atoms with Crippen LogP contribution in [-0.4, -0.2) is 60.2 Å². The summed E-state index contributed by atoms with van der Waals surface area (Å²) in [6.07, 6.45) is -0.233. The first kappa shape index (κ1) is 32.3. The summed E-state index contributed by atoms with van der Waals surface area (Å²) in [7, 11) is 0. The van der Waals surface area contributed by atoms with Crippen LogP contribution >= 0.6 is 0 Å². The van der Waals surface area contributed by atoms with Gasteiger partial charge in [-0.15, -0.1) is 0 Å². The summed E-state index contributed by atoms with van der Waals surface area (Å²) in [5.74, 6) is -1.44. The summed E-state index contributed by atoms with van der Waals surface area (Å²) in [5.41, 5.74) is 1.62. The average molecular weight is 555 g/mol. The highest BCUT2D eigenvalue weighted by atomic mass is 16.5. The minimum absolute atomic E-state index is 0.0377. The molecule has 4 amide bonds. The SMILES string of the molecule is CC(C)C[C@H](NC(=O)OCc1ccccc1)C(=O)N[C@@H](Cc1ccccc1)C(=O)N[C@H](CO)CNC(=O)C(C)C. The maximum atomic E-state index is 13.4. The Hall–Kier alpha value is -3.92. The smallest absolute Gasteiger partial charge is 0.408 e. The Morgan fingerprint density at radius 3 is 1.88 bits per heavy atom. The highest BCUT2D eigenvalue weighted by molar-refractivity contribution is 5.91. The van der Waals surface area contributed by atoms with Gasteiger partial charge in [0.15, 0.2) is 0 Å². The van der Waals surface area contributed by atoms with E-state index >= 15 is 0 Å². The van der Waals surface area contributed by atoms with Crippen LogP contribution in [0.1, 0.15) is 45.2 Å². The molecular formula is C30H42N4O6. The number of ether oxygens (including phenoxy) is 1. The van der Waals surface area contributed by atoms with Gasteiger partial charge in [-0.05, 0) is 23.5 Å². The third kappa shape index (κ3) is 11.9. The third-order valence-corrected chi connectivity index (χ3v) is 6.06. The second-order valence-electron chi connectivity index (χ2n) is 10.4. The van der Waals surface area contributed by atoms with Gasteiger partial charge in [0.2, 0.25) is 17.7 Å². The molecule has 2 aromatic carbocycles. The van der Waals surface area contributed by atoms with Gasteiger partial charge in [0.05, 0.1) is 12.6 Å². The Kier molecular flexibility index (Phi) is 13.7. The van der Waals surface area contributed by atoms with Crippen LogP contribution in [0.4, 0.5) is 4.79 Å². The van der Waals surface area contributed by atoms with Crippen molar-refractivity contribution in [1.29, 1.82) is 0 Å². The highest BCUT2D eigenvalue weighted by Crippen LogP contribution is 2.09. The predicted molar refractivity (Wildman–Crippen MR) is 152 cm³/mol. The molecule has 10 heteroatoms. The third-order valence-electron chi connectivity index (χ3n) is 6.06. The number of aliphatic hydroxyl groups excluding tert-OH is 1. The van der Waals surface area contributed by atoms with Crippen molar-refractivity contribution in [3.8, 4) is 0 Å². The van der Waals surface area contributed by atoms with Gasteiger partial charge >= 0.3 is 6.09 Å². The Bertz CT molecular complexity index is 1080. The van der Waals surface area contributed by atoms with E-state index in [-0.39, 0.29) is 37.3 Å². The van der Waals surface area contributed by atoms with Crippen molar-refractivity contribution in [2.45, 2.75) is 65.3 Å². The molecule has 10 nitrogen and oxygen atoms in total. The van der Waals surface area contributed by atoms with E-state index in [2.05, 4.69) is 21.3 Å². The van der Waals surface area contributed by atoms with E-state index in [4.69, 9.17) is 4.74 Å². The van der Waals surface area contributed by atoms with E-state index in [9.17, 15) is 24.3 Å². The van der Waals surface area contributed by atoms with Gasteiger partial charge < -0.3 is 31.1 Å². The van der Waals surface area contributed by atoms with Crippen LogP contribution in [-0.2, 0) is 32.1 Å². The molecule has 0 saturated heterocycles. The number of amides is 4. The Balaban J connectivity index is 2.12. The van der Waals surface area contributed by atoms with Gasteiger partial charge in [0, 0.05) is 18.9 Å². The second kappa shape index (κ2) is 16.9. The molecule has 40 heavy (non-hydrogen) atoms. The number of nitrogens with one attached hydrogen (secondary N) is 4. The van der Waals surface area contributed by atoms with Crippen LogP contribution in [0.3, 0.4) is 0 Å². The van der Waals surface area contributed by atoms with Crippen molar-refractivity contribution < 1.29 is 29.0 Å². The van der Waals surface area contributed by atoms with E-state index in [1.165, 1.54) is 0 Å². The summed E-state index contributed by atoms with van der Waals surface area (Å²) in [6.45, 7) is 7.01. The number of rotatable bonds is 15. The van der Waals surface area contributed by atoms with Crippen LogP contribution < -0.4 is 21.3 Å². The van der Waals surface area contributed by atoms with E-state index in [0.717, 1.165) is 11.1 Å². The monoisotopic (exact) mass is 554 g/mol. The molecule has 2 aromatic rings. The molecule has 0 spiro atoms. The van der Waals surface area contributed by atoms with Gasteiger partial charge in [-0.3, -0.25) is 14.4 Å². The van der Waals surface area contributed by atoms with Crippen molar-refractivity contribution >= 4 is 23.8 Å². The summed E-state index contributed by atoms with van der Waals surface area (Å²) in [6, 6.07) is 15.7. The van der Waals surface area contributed by atoms with Crippen molar-refractivity contribution in [2.24, 2.45) is 11.8 Å². The van der Waals surface area contributed by atoms with E-state index in [0.29, 0.717) is 6.42 Å². The van der Waals surface area contributed by atoms with Crippen LogP contribution in [0.15, 0.2) is 60.7 Å². The largest absolute Gasteiger partial charge is 0.445 e. The zero-order valence-corrected chi connectivity index (χ0v) is 23.7. The van der Waals surface area contributed by atoms with Gasteiger partial charge in [-0.25, -0.2) is 4.79 Å². The van der Waals surface area contributed by atoms with Crippen LogP contribution in [0.25, 0.3) is 0 Å². The normalized spacial score (nSPS) is 13.2. The molecule has 0 heterocycles. The fourth-order valence-corrected chi connectivity index (χ4v) is 3.83. The maximum Gasteiger partial charge on any atom is 0.408 e. The van der Waals surface area contributed by atoms with Crippen LogP contribution in [0.5, 0.6) is 0 Å². The first-order chi connectivity index (χ1) is 19.1. The molecule has 0 unspecified atom stereocenters. The number of carbonyl (C=O) groups excluding carboxylic acids is 4. The summed E-state index contributed by atoms with van der Waals surface area (Å²) < 4.78 is 5.30. The molecule has 2 rings (SSSR count). The molecular weight excluding hydrogens is 512 g/mol. The summed E-state index contributed by atoms with van der Waals surface area (Å²) in [4.78, 5) is 51.1. The number of benzene rings is 2.